The van der Waals surface area contributed by atoms with Crippen molar-refractivity contribution in [2.75, 3.05) is 0 Å². The molecule has 2 aromatic carbocycles. The van der Waals surface area contributed by atoms with E-state index in [1.807, 2.05) is 18.2 Å². The van der Waals surface area contributed by atoms with E-state index in [-0.39, 0.29) is 11.5 Å². The number of benzene rings is 2. The van der Waals surface area contributed by atoms with E-state index in [2.05, 4.69) is 13.0 Å². The molecule has 0 spiro atoms. The first-order chi connectivity index (χ1) is 8.20. The number of rotatable bonds is 3. The summed E-state index contributed by atoms with van der Waals surface area (Å²) < 4.78 is 0. The van der Waals surface area contributed by atoms with Crippen molar-refractivity contribution in [1.29, 1.82) is 0 Å². The van der Waals surface area contributed by atoms with Gasteiger partial charge in [-0.25, -0.2) is 0 Å². The number of hydrogen-bond donors (Lipinski definition) is 2. The molecule has 0 saturated carbocycles. The zero-order chi connectivity index (χ0) is 12.3. The topological polar surface area (TPSA) is 40.5 Å². The summed E-state index contributed by atoms with van der Waals surface area (Å²) in [7, 11) is 0. The molecule has 0 aliphatic heterocycles. The van der Waals surface area contributed by atoms with Crippen molar-refractivity contribution in [3.63, 3.8) is 0 Å². The maximum atomic E-state index is 9.73. The molecule has 0 amide bonds. The molecule has 88 valence electrons. The molecule has 0 aliphatic carbocycles. The molecule has 2 N–H and O–H groups in total. The highest BCUT2D eigenvalue weighted by Crippen LogP contribution is 2.37. The Labute approximate surface area is 105 Å². The van der Waals surface area contributed by atoms with Gasteiger partial charge in [-0.15, -0.1) is 0 Å². The summed E-state index contributed by atoms with van der Waals surface area (Å²) in [4.78, 5) is 1.78. The third-order valence-corrected chi connectivity index (χ3v) is 3.68. The number of phenolic OH excluding ortho intramolecular Hbond substituents is 2. The molecule has 0 aromatic heterocycles. The minimum absolute atomic E-state index is 0.166. The second kappa shape index (κ2) is 5.15. The van der Waals surface area contributed by atoms with E-state index >= 15 is 0 Å². The van der Waals surface area contributed by atoms with Gasteiger partial charge in [0, 0.05) is 4.90 Å². The van der Waals surface area contributed by atoms with Gasteiger partial charge in [-0.3, -0.25) is 0 Å². The predicted octanol–water partition coefficient (Wildman–Crippen LogP) is 3.81. The van der Waals surface area contributed by atoms with Gasteiger partial charge < -0.3 is 10.2 Å². The third-order valence-electron chi connectivity index (χ3n) is 2.52. The average molecular weight is 246 g/mol. The van der Waals surface area contributed by atoms with E-state index in [9.17, 15) is 10.2 Å². The lowest BCUT2D eigenvalue weighted by Gasteiger charge is -2.08. The van der Waals surface area contributed by atoms with E-state index in [1.54, 1.807) is 6.07 Å². The molecule has 0 atom stereocenters. The Kier molecular flexibility index (Phi) is 3.59. The highest BCUT2D eigenvalue weighted by Gasteiger charge is 2.07. The van der Waals surface area contributed by atoms with E-state index in [4.69, 9.17) is 0 Å². The summed E-state index contributed by atoms with van der Waals surface area (Å²) in [5, 5.41) is 19.1. The minimum Gasteiger partial charge on any atom is -0.508 e. The normalized spacial score (nSPS) is 10.4. The van der Waals surface area contributed by atoms with Crippen molar-refractivity contribution >= 4 is 11.8 Å². The predicted molar refractivity (Wildman–Crippen MR) is 69.7 cm³/mol. The smallest absolute Gasteiger partial charge is 0.129 e. The van der Waals surface area contributed by atoms with Crippen molar-refractivity contribution in [3.8, 4) is 11.5 Å². The van der Waals surface area contributed by atoms with Gasteiger partial charge in [-0.05, 0) is 36.2 Å². The van der Waals surface area contributed by atoms with Gasteiger partial charge in [0.05, 0.1) is 4.90 Å². The lowest BCUT2D eigenvalue weighted by Crippen LogP contribution is -1.84. The fraction of sp³-hybridized carbons (Fsp3) is 0.143. The molecule has 0 fully saturated rings. The number of phenols is 2. The Hall–Kier alpha value is -1.61. The highest BCUT2D eigenvalue weighted by molar-refractivity contribution is 7.99. The van der Waals surface area contributed by atoms with Gasteiger partial charge in [0.25, 0.3) is 0 Å². The zero-order valence-corrected chi connectivity index (χ0v) is 10.4. The van der Waals surface area contributed by atoms with Crippen LogP contribution in [0, 0.1) is 0 Å². The Morgan fingerprint density at radius 1 is 1.00 bits per heavy atom. The molecule has 0 aliphatic rings. The largest absolute Gasteiger partial charge is 0.508 e. The number of aromatic hydroxyl groups is 2. The van der Waals surface area contributed by atoms with Crippen LogP contribution < -0.4 is 0 Å². The zero-order valence-electron chi connectivity index (χ0n) is 9.55. The Morgan fingerprint density at radius 3 is 2.53 bits per heavy atom. The standard InChI is InChI=1S/C14H14O2S/c1-2-10-5-3-4-6-13(10)17-14-9-11(15)7-8-12(14)16/h3-9,15-16H,2H2,1H3. The second-order valence-corrected chi connectivity index (χ2v) is 4.80. The van der Waals surface area contributed by atoms with Crippen LogP contribution in [0.1, 0.15) is 12.5 Å². The Morgan fingerprint density at radius 2 is 1.76 bits per heavy atom. The molecule has 0 unspecified atom stereocenters. The Balaban J connectivity index is 2.34. The van der Waals surface area contributed by atoms with Crippen LogP contribution in [-0.2, 0) is 6.42 Å². The van der Waals surface area contributed by atoms with Crippen LogP contribution in [0.3, 0.4) is 0 Å². The molecular weight excluding hydrogens is 232 g/mol. The van der Waals surface area contributed by atoms with Crippen LogP contribution in [0.15, 0.2) is 52.3 Å². The molecule has 2 nitrogen and oxygen atoms in total. The summed E-state index contributed by atoms with van der Waals surface area (Å²) in [5.74, 6) is 0.359. The van der Waals surface area contributed by atoms with E-state index in [0.29, 0.717) is 4.90 Å². The summed E-state index contributed by atoms with van der Waals surface area (Å²) in [6.07, 6.45) is 0.947. The van der Waals surface area contributed by atoms with Gasteiger partial charge in [0.1, 0.15) is 11.5 Å². The third kappa shape index (κ3) is 2.74. The average Bonchev–Trinajstić information content (AvgIpc) is 2.34. The number of hydrogen-bond acceptors (Lipinski definition) is 3. The molecule has 2 rings (SSSR count). The van der Waals surface area contributed by atoms with Gasteiger partial charge in [-0.1, -0.05) is 36.9 Å². The molecular formula is C14H14O2S. The molecule has 0 heterocycles. The first kappa shape index (κ1) is 11.9. The van der Waals surface area contributed by atoms with Crippen molar-refractivity contribution in [3.05, 3.63) is 48.0 Å². The Bertz CT molecular complexity index is 523. The van der Waals surface area contributed by atoms with Crippen LogP contribution in [0.4, 0.5) is 0 Å². The highest BCUT2D eigenvalue weighted by atomic mass is 32.2. The molecule has 2 aromatic rings. The summed E-state index contributed by atoms with van der Waals surface area (Å²) in [5.41, 5.74) is 1.24. The number of aryl methyl sites for hydroxylation is 1. The molecule has 0 saturated heterocycles. The first-order valence-corrected chi connectivity index (χ1v) is 6.30. The van der Waals surface area contributed by atoms with Crippen LogP contribution >= 0.6 is 11.8 Å². The van der Waals surface area contributed by atoms with Gasteiger partial charge in [-0.2, -0.15) is 0 Å². The lowest BCUT2D eigenvalue weighted by molar-refractivity contribution is 0.448. The summed E-state index contributed by atoms with van der Waals surface area (Å²) in [6, 6.07) is 12.6. The van der Waals surface area contributed by atoms with E-state index in [0.717, 1.165) is 11.3 Å². The maximum absolute atomic E-state index is 9.73. The van der Waals surface area contributed by atoms with Crippen molar-refractivity contribution in [1.82, 2.24) is 0 Å². The monoisotopic (exact) mass is 246 g/mol. The SMILES string of the molecule is CCc1ccccc1Sc1cc(O)ccc1O. The van der Waals surface area contributed by atoms with Gasteiger partial charge in [0.15, 0.2) is 0 Å². The minimum atomic E-state index is 0.166. The van der Waals surface area contributed by atoms with Crippen molar-refractivity contribution in [2.45, 2.75) is 23.1 Å². The van der Waals surface area contributed by atoms with E-state index < -0.39 is 0 Å². The molecule has 0 bridgehead atoms. The van der Waals surface area contributed by atoms with Crippen molar-refractivity contribution < 1.29 is 10.2 Å². The lowest BCUT2D eigenvalue weighted by atomic mass is 10.2. The van der Waals surface area contributed by atoms with Gasteiger partial charge in [0.2, 0.25) is 0 Å². The molecule has 0 radical (unpaired) electrons. The van der Waals surface area contributed by atoms with Crippen molar-refractivity contribution in [2.24, 2.45) is 0 Å². The van der Waals surface area contributed by atoms with E-state index in [1.165, 1.54) is 29.5 Å². The molecule has 3 heteroatoms. The summed E-state index contributed by atoms with van der Waals surface area (Å²) in [6.45, 7) is 2.10. The van der Waals surface area contributed by atoms with Crippen LogP contribution in [-0.4, -0.2) is 10.2 Å². The van der Waals surface area contributed by atoms with Crippen LogP contribution in [0.25, 0.3) is 0 Å². The molecule has 17 heavy (non-hydrogen) atoms. The van der Waals surface area contributed by atoms with Crippen LogP contribution in [0.5, 0.6) is 11.5 Å². The maximum Gasteiger partial charge on any atom is 0.129 e. The van der Waals surface area contributed by atoms with Gasteiger partial charge >= 0.3 is 0 Å². The fourth-order valence-electron chi connectivity index (χ4n) is 1.60. The van der Waals surface area contributed by atoms with Crippen LogP contribution in [0.2, 0.25) is 0 Å². The second-order valence-electron chi connectivity index (χ2n) is 3.72. The first-order valence-electron chi connectivity index (χ1n) is 5.48. The quantitative estimate of drug-likeness (QED) is 0.809. The fourth-order valence-corrected chi connectivity index (χ4v) is 2.68. The summed E-state index contributed by atoms with van der Waals surface area (Å²) >= 11 is 1.47.